The molecule has 0 spiro atoms. The molecule has 168 valence electrons. The van der Waals surface area contributed by atoms with E-state index in [1.807, 2.05) is 13.8 Å². The summed E-state index contributed by atoms with van der Waals surface area (Å²) >= 11 is 0. The standard InChI is InChI=1S/C22H25F3N2O4/c1-14(2)26-20(28)13-31-18-10-9-15(11-19(18)30-4)21(29)27(3)12-16-7-5-6-8-17(16)22(23,24)25/h5-11,14H,12-13H2,1-4H3,(H,26,28). The van der Waals surface area contributed by atoms with Gasteiger partial charge < -0.3 is 19.7 Å². The molecular formula is C22H25F3N2O4. The lowest BCUT2D eigenvalue weighted by atomic mass is 10.1. The van der Waals surface area contributed by atoms with Crippen molar-refractivity contribution in [3.05, 3.63) is 59.2 Å². The van der Waals surface area contributed by atoms with Crippen molar-refractivity contribution in [3.63, 3.8) is 0 Å². The fourth-order valence-corrected chi connectivity index (χ4v) is 2.91. The van der Waals surface area contributed by atoms with Crippen LogP contribution in [0.5, 0.6) is 11.5 Å². The summed E-state index contributed by atoms with van der Waals surface area (Å²) in [5.41, 5.74) is -0.576. The summed E-state index contributed by atoms with van der Waals surface area (Å²) in [5.74, 6) is -0.296. The van der Waals surface area contributed by atoms with Gasteiger partial charge in [0.15, 0.2) is 18.1 Å². The summed E-state index contributed by atoms with van der Waals surface area (Å²) in [6.07, 6.45) is -4.51. The van der Waals surface area contributed by atoms with Gasteiger partial charge in [0.05, 0.1) is 12.7 Å². The molecule has 6 nitrogen and oxygen atoms in total. The third-order valence-corrected chi connectivity index (χ3v) is 4.30. The molecule has 0 saturated heterocycles. The van der Waals surface area contributed by atoms with Crippen molar-refractivity contribution in [2.75, 3.05) is 20.8 Å². The third-order valence-electron chi connectivity index (χ3n) is 4.30. The van der Waals surface area contributed by atoms with E-state index in [1.165, 1.54) is 55.5 Å². The van der Waals surface area contributed by atoms with Gasteiger partial charge in [0, 0.05) is 25.2 Å². The van der Waals surface area contributed by atoms with Gasteiger partial charge in [-0.15, -0.1) is 0 Å². The Kier molecular flexibility index (Phi) is 7.90. The highest BCUT2D eigenvalue weighted by molar-refractivity contribution is 5.94. The molecule has 0 heterocycles. The second-order valence-electron chi connectivity index (χ2n) is 7.19. The van der Waals surface area contributed by atoms with Crippen molar-refractivity contribution in [1.29, 1.82) is 0 Å². The number of nitrogens with zero attached hydrogens (tertiary/aromatic N) is 1. The number of rotatable bonds is 8. The van der Waals surface area contributed by atoms with Crippen LogP contribution in [0, 0.1) is 0 Å². The van der Waals surface area contributed by atoms with Crippen molar-refractivity contribution in [2.24, 2.45) is 0 Å². The van der Waals surface area contributed by atoms with Gasteiger partial charge in [0.1, 0.15) is 0 Å². The van der Waals surface area contributed by atoms with Crippen molar-refractivity contribution >= 4 is 11.8 Å². The number of nitrogens with one attached hydrogen (secondary N) is 1. The van der Waals surface area contributed by atoms with Crippen LogP contribution in [0.2, 0.25) is 0 Å². The highest BCUT2D eigenvalue weighted by Crippen LogP contribution is 2.33. The number of carbonyl (C=O) groups is 2. The molecule has 0 bridgehead atoms. The molecule has 2 amide bonds. The first-order valence-corrected chi connectivity index (χ1v) is 9.53. The smallest absolute Gasteiger partial charge is 0.416 e. The van der Waals surface area contributed by atoms with Crippen LogP contribution in [0.4, 0.5) is 13.2 Å². The number of methoxy groups -OCH3 is 1. The molecule has 0 aliphatic rings. The summed E-state index contributed by atoms with van der Waals surface area (Å²) in [7, 11) is 2.80. The molecule has 0 saturated carbocycles. The lowest BCUT2D eigenvalue weighted by Gasteiger charge is -2.21. The topological polar surface area (TPSA) is 67.9 Å². The van der Waals surface area contributed by atoms with E-state index in [-0.39, 0.29) is 47.7 Å². The number of alkyl halides is 3. The summed E-state index contributed by atoms with van der Waals surface area (Å²) in [6.45, 7) is 3.20. The van der Waals surface area contributed by atoms with E-state index in [4.69, 9.17) is 9.47 Å². The summed E-state index contributed by atoms with van der Waals surface area (Å²) < 4.78 is 50.3. The number of ether oxygens (including phenoxy) is 2. The molecule has 0 fully saturated rings. The van der Waals surface area contributed by atoms with Crippen molar-refractivity contribution < 1.29 is 32.2 Å². The molecule has 2 aromatic rings. The normalized spacial score (nSPS) is 11.2. The molecule has 0 aromatic heterocycles. The largest absolute Gasteiger partial charge is 0.493 e. The number of carbonyl (C=O) groups excluding carboxylic acids is 2. The lowest BCUT2D eigenvalue weighted by Crippen LogP contribution is -2.34. The molecule has 0 aliphatic heterocycles. The van der Waals surface area contributed by atoms with E-state index in [2.05, 4.69) is 5.32 Å². The van der Waals surface area contributed by atoms with Gasteiger partial charge >= 0.3 is 6.18 Å². The maximum absolute atomic E-state index is 13.2. The minimum Gasteiger partial charge on any atom is -0.493 e. The van der Waals surface area contributed by atoms with Gasteiger partial charge in [-0.1, -0.05) is 18.2 Å². The minimum atomic E-state index is -4.51. The van der Waals surface area contributed by atoms with Crippen LogP contribution in [-0.4, -0.2) is 43.5 Å². The van der Waals surface area contributed by atoms with Crippen LogP contribution in [-0.2, 0) is 17.5 Å². The molecular weight excluding hydrogens is 413 g/mol. The number of hydrogen-bond donors (Lipinski definition) is 1. The van der Waals surface area contributed by atoms with Gasteiger partial charge in [-0.05, 0) is 43.7 Å². The number of benzene rings is 2. The van der Waals surface area contributed by atoms with Crippen molar-refractivity contribution in [2.45, 2.75) is 32.6 Å². The van der Waals surface area contributed by atoms with Gasteiger partial charge in [-0.2, -0.15) is 13.2 Å². The van der Waals surface area contributed by atoms with Gasteiger partial charge in [0.2, 0.25) is 0 Å². The van der Waals surface area contributed by atoms with Crippen LogP contribution in [0.15, 0.2) is 42.5 Å². The summed E-state index contributed by atoms with van der Waals surface area (Å²) in [6, 6.07) is 9.45. The molecule has 0 atom stereocenters. The number of amides is 2. The van der Waals surface area contributed by atoms with Crippen molar-refractivity contribution in [1.82, 2.24) is 10.2 Å². The highest BCUT2D eigenvalue weighted by Gasteiger charge is 2.33. The Morgan fingerprint density at radius 2 is 1.77 bits per heavy atom. The average molecular weight is 438 g/mol. The number of halogens is 3. The van der Waals surface area contributed by atoms with Gasteiger partial charge in [-0.3, -0.25) is 9.59 Å². The van der Waals surface area contributed by atoms with E-state index in [0.717, 1.165) is 6.07 Å². The van der Waals surface area contributed by atoms with Crippen LogP contribution >= 0.6 is 0 Å². The zero-order valence-corrected chi connectivity index (χ0v) is 17.7. The second kappa shape index (κ2) is 10.2. The number of hydrogen-bond acceptors (Lipinski definition) is 4. The Morgan fingerprint density at radius 3 is 2.39 bits per heavy atom. The van der Waals surface area contributed by atoms with Crippen LogP contribution < -0.4 is 14.8 Å². The summed E-state index contributed by atoms with van der Waals surface area (Å²) in [5, 5.41) is 2.69. The quantitative estimate of drug-likeness (QED) is 0.679. The van der Waals surface area contributed by atoms with E-state index < -0.39 is 17.6 Å². The molecule has 2 aromatic carbocycles. The van der Waals surface area contributed by atoms with E-state index in [1.54, 1.807) is 0 Å². The predicted molar refractivity (Wildman–Crippen MR) is 109 cm³/mol. The van der Waals surface area contributed by atoms with Crippen molar-refractivity contribution in [3.8, 4) is 11.5 Å². The molecule has 0 radical (unpaired) electrons. The Bertz CT molecular complexity index is 929. The zero-order chi connectivity index (χ0) is 23.2. The second-order valence-corrected chi connectivity index (χ2v) is 7.19. The monoisotopic (exact) mass is 438 g/mol. The van der Waals surface area contributed by atoms with E-state index >= 15 is 0 Å². The highest BCUT2D eigenvalue weighted by atomic mass is 19.4. The Morgan fingerprint density at radius 1 is 1.10 bits per heavy atom. The van der Waals surface area contributed by atoms with Crippen LogP contribution in [0.1, 0.15) is 35.3 Å². The first kappa shape index (κ1) is 24.0. The molecule has 0 unspecified atom stereocenters. The van der Waals surface area contributed by atoms with E-state index in [0.29, 0.717) is 0 Å². The average Bonchev–Trinajstić information content (AvgIpc) is 2.70. The van der Waals surface area contributed by atoms with E-state index in [9.17, 15) is 22.8 Å². The lowest BCUT2D eigenvalue weighted by molar-refractivity contribution is -0.138. The maximum Gasteiger partial charge on any atom is 0.416 e. The third kappa shape index (κ3) is 6.63. The molecule has 9 heteroatoms. The SMILES string of the molecule is COc1cc(C(=O)N(C)Cc2ccccc2C(F)(F)F)ccc1OCC(=O)NC(C)C. The first-order chi connectivity index (χ1) is 14.5. The van der Waals surface area contributed by atoms with Gasteiger partial charge in [-0.25, -0.2) is 0 Å². The predicted octanol–water partition coefficient (Wildman–Crippen LogP) is 3.89. The molecule has 1 N–H and O–H groups in total. The Hall–Kier alpha value is -3.23. The first-order valence-electron chi connectivity index (χ1n) is 9.53. The fraction of sp³-hybridized carbons (Fsp3) is 0.364. The minimum absolute atomic E-state index is 0.00562. The zero-order valence-electron chi connectivity index (χ0n) is 17.7. The molecule has 31 heavy (non-hydrogen) atoms. The fourth-order valence-electron chi connectivity index (χ4n) is 2.91. The Balaban J connectivity index is 2.14. The Labute approximate surface area is 178 Å². The van der Waals surface area contributed by atoms with Crippen LogP contribution in [0.25, 0.3) is 0 Å². The molecule has 0 aliphatic carbocycles. The summed E-state index contributed by atoms with van der Waals surface area (Å²) in [4.78, 5) is 25.7. The van der Waals surface area contributed by atoms with Gasteiger partial charge in [0.25, 0.3) is 11.8 Å². The maximum atomic E-state index is 13.2. The molecule has 2 rings (SSSR count). The van der Waals surface area contributed by atoms with Crippen LogP contribution in [0.3, 0.4) is 0 Å².